The maximum atomic E-state index is 13.1. The first-order valence-electron chi connectivity index (χ1n) is 7.09. The summed E-state index contributed by atoms with van der Waals surface area (Å²) in [5.74, 6) is 0.180. The second-order valence-electron chi connectivity index (χ2n) is 5.15. The van der Waals surface area contributed by atoms with Gasteiger partial charge in [0.1, 0.15) is 16.5 Å². The SMILES string of the molecule is Cc1nc2sc(SCC(=O)Nc3cccc(F)c3)cc2c(=O)n1C. The third-order valence-electron chi connectivity index (χ3n) is 3.43. The van der Waals surface area contributed by atoms with Crippen LogP contribution in [-0.2, 0) is 11.8 Å². The van der Waals surface area contributed by atoms with Gasteiger partial charge in [-0.25, -0.2) is 9.37 Å². The summed E-state index contributed by atoms with van der Waals surface area (Å²) >= 11 is 2.71. The molecule has 0 radical (unpaired) electrons. The van der Waals surface area contributed by atoms with Crippen LogP contribution in [0.25, 0.3) is 10.2 Å². The molecule has 0 unspecified atom stereocenters. The van der Waals surface area contributed by atoms with E-state index in [-0.39, 0.29) is 17.2 Å². The zero-order valence-corrected chi connectivity index (χ0v) is 14.6. The molecule has 3 aromatic rings. The van der Waals surface area contributed by atoms with Crippen LogP contribution >= 0.6 is 23.1 Å². The van der Waals surface area contributed by atoms with Gasteiger partial charge >= 0.3 is 0 Å². The van der Waals surface area contributed by atoms with Crippen molar-refractivity contribution < 1.29 is 9.18 Å². The van der Waals surface area contributed by atoms with E-state index in [1.807, 2.05) is 0 Å². The highest BCUT2D eigenvalue weighted by Gasteiger charge is 2.12. The minimum absolute atomic E-state index is 0.0928. The lowest BCUT2D eigenvalue weighted by molar-refractivity contribution is -0.113. The van der Waals surface area contributed by atoms with Gasteiger partial charge in [-0.2, -0.15) is 0 Å². The zero-order chi connectivity index (χ0) is 17.3. The largest absolute Gasteiger partial charge is 0.325 e. The number of thioether (sulfide) groups is 1. The molecule has 0 aliphatic carbocycles. The first-order chi connectivity index (χ1) is 11.4. The summed E-state index contributed by atoms with van der Waals surface area (Å²) in [6.07, 6.45) is 0. The van der Waals surface area contributed by atoms with E-state index < -0.39 is 5.82 Å². The topological polar surface area (TPSA) is 64.0 Å². The Morgan fingerprint density at radius 3 is 2.96 bits per heavy atom. The van der Waals surface area contributed by atoms with Crippen molar-refractivity contribution in [3.8, 4) is 0 Å². The number of carbonyl (C=O) groups is 1. The van der Waals surface area contributed by atoms with E-state index in [0.717, 1.165) is 4.21 Å². The van der Waals surface area contributed by atoms with Crippen LogP contribution in [-0.4, -0.2) is 21.2 Å². The van der Waals surface area contributed by atoms with Crippen LogP contribution in [0.15, 0.2) is 39.3 Å². The second-order valence-corrected chi connectivity index (χ2v) is 7.46. The van der Waals surface area contributed by atoms with Crippen LogP contribution in [0.3, 0.4) is 0 Å². The predicted molar refractivity (Wildman–Crippen MR) is 95.4 cm³/mol. The highest BCUT2D eigenvalue weighted by molar-refractivity contribution is 8.01. The van der Waals surface area contributed by atoms with Gasteiger partial charge in [0.25, 0.3) is 5.56 Å². The summed E-state index contributed by atoms with van der Waals surface area (Å²) in [4.78, 5) is 29.2. The molecule has 24 heavy (non-hydrogen) atoms. The van der Waals surface area contributed by atoms with Gasteiger partial charge < -0.3 is 5.32 Å². The van der Waals surface area contributed by atoms with E-state index in [4.69, 9.17) is 0 Å². The third kappa shape index (κ3) is 3.49. The van der Waals surface area contributed by atoms with Gasteiger partial charge in [-0.1, -0.05) is 6.07 Å². The number of thiophene rings is 1. The van der Waals surface area contributed by atoms with Crippen molar-refractivity contribution in [2.24, 2.45) is 7.05 Å². The number of fused-ring (bicyclic) bond motifs is 1. The molecule has 0 aliphatic rings. The van der Waals surface area contributed by atoms with E-state index in [9.17, 15) is 14.0 Å². The predicted octanol–water partition coefficient (Wildman–Crippen LogP) is 3.17. The molecule has 1 aromatic carbocycles. The van der Waals surface area contributed by atoms with Gasteiger partial charge in [-0.05, 0) is 31.2 Å². The monoisotopic (exact) mass is 363 g/mol. The number of benzene rings is 1. The lowest BCUT2D eigenvalue weighted by Gasteiger charge is -2.04. The summed E-state index contributed by atoms with van der Waals surface area (Å²) in [5, 5.41) is 3.20. The lowest BCUT2D eigenvalue weighted by atomic mass is 10.3. The molecule has 8 heteroatoms. The molecule has 1 amide bonds. The lowest BCUT2D eigenvalue weighted by Crippen LogP contribution is -2.19. The van der Waals surface area contributed by atoms with Crippen molar-refractivity contribution in [3.63, 3.8) is 0 Å². The number of nitrogens with one attached hydrogen (secondary N) is 1. The number of anilines is 1. The van der Waals surface area contributed by atoms with E-state index in [0.29, 0.717) is 21.7 Å². The Balaban J connectivity index is 1.70. The molecule has 2 aromatic heterocycles. The molecule has 3 rings (SSSR count). The fourth-order valence-electron chi connectivity index (χ4n) is 2.12. The maximum Gasteiger partial charge on any atom is 0.262 e. The number of rotatable bonds is 4. The number of nitrogens with zero attached hydrogens (tertiary/aromatic N) is 2. The minimum atomic E-state index is -0.401. The van der Waals surface area contributed by atoms with Crippen molar-refractivity contribution in [2.75, 3.05) is 11.1 Å². The Kier molecular flexibility index (Phi) is 4.68. The molecule has 0 spiro atoms. The van der Waals surface area contributed by atoms with Crippen molar-refractivity contribution >= 4 is 44.9 Å². The second kappa shape index (κ2) is 6.74. The number of aryl methyl sites for hydroxylation is 1. The minimum Gasteiger partial charge on any atom is -0.325 e. The summed E-state index contributed by atoms with van der Waals surface area (Å²) in [7, 11) is 1.68. The first-order valence-corrected chi connectivity index (χ1v) is 8.89. The molecule has 0 aliphatic heterocycles. The van der Waals surface area contributed by atoms with Crippen LogP contribution in [0, 0.1) is 12.7 Å². The Morgan fingerprint density at radius 1 is 1.42 bits per heavy atom. The molecular formula is C16H14FN3O2S2. The quantitative estimate of drug-likeness (QED) is 0.723. The summed E-state index contributed by atoms with van der Waals surface area (Å²) in [5.41, 5.74) is 0.327. The molecule has 0 saturated heterocycles. The van der Waals surface area contributed by atoms with Crippen LogP contribution in [0.4, 0.5) is 10.1 Å². The Labute approximate surface area is 145 Å². The van der Waals surface area contributed by atoms with E-state index in [1.54, 1.807) is 26.1 Å². The van der Waals surface area contributed by atoms with Crippen LogP contribution in [0.1, 0.15) is 5.82 Å². The number of halogens is 1. The fraction of sp³-hybridized carbons (Fsp3) is 0.188. The smallest absolute Gasteiger partial charge is 0.262 e. The van der Waals surface area contributed by atoms with Gasteiger partial charge in [0.2, 0.25) is 5.91 Å². The average Bonchev–Trinajstić information content (AvgIpc) is 2.94. The van der Waals surface area contributed by atoms with Crippen LogP contribution in [0.2, 0.25) is 0 Å². The molecule has 0 atom stereocenters. The van der Waals surface area contributed by atoms with E-state index in [2.05, 4.69) is 10.3 Å². The molecule has 124 valence electrons. The van der Waals surface area contributed by atoms with Gasteiger partial charge in [0.15, 0.2) is 0 Å². The summed E-state index contributed by atoms with van der Waals surface area (Å²) in [6, 6.07) is 7.50. The zero-order valence-electron chi connectivity index (χ0n) is 13.0. The molecular weight excluding hydrogens is 349 g/mol. The van der Waals surface area contributed by atoms with Crippen LogP contribution in [0.5, 0.6) is 0 Å². The van der Waals surface area contributed by atoms with Crippen molar-refractivity contribution in [3.05, 3.63) is 52.3 Å². The standard InChI is InChI=1S/C16H14FN3O2S2/c1-9-18-15-12(16(22)20(9)2)7-14(24-15)23-8-13(21)19-11-5-3-4-10(17)6-11/h3-7H,8H2,1-2H3,(H,19,21). The Morgan fingerprint density at radius 2 is 2.21 bits per heavy atom. The molecule has 5 nitrogen and oxygen atoms in total. The normalized spacial score (nSPS) is 11.0. The number of carbonyl (C=O) groups excluding carboxylic acids is 1. The highest BCUT2D eigenvalue weighted by atomic mass is 32.2. The van der Waals surface area contributed by atoms with E-state index in [1.165, 1.54) is 45.9 Å². The maximum absolute atomic E-state index is 13.1. The molecule has 0 bridgehead atoms. The van der Waals surface area contributed by atoms with Gasteiger partial charge in [-0.15, -0.1) is 23.1 Å². The first kappa shape index (κ1) is 16.7. The van der Waals surface area contributed by atoms with Gasteiger partial charge in [-0.3, -0.25) is 14.2 Å². The Hall–Kier alpha value is -2.19. The van der Waals surface area contributed by atoms with Crippen molar-refractivity contribution in [1.29, 1.82) is 0 Å². The number of amides is 1. The number of hydrogen-bond donors (Lipinski definition) is 1. The fourth-order valence-corrected chi connectivity index (χ4v) is 4.11. The van der Waals surface area contributed by atoms with Crippen molar-refractivity contribution in [1.82, 2.24) is 9.55 Å². The van der Waals surface area contributed by atoms with Gasteiger partial charge in [0, 0.05) is 12.7 Å². The number of aromatic nitrogens is 2. The third-order valence-corrected chi connectivity index (χ3v) is 5.66. The number of hydrogen-bond acceptors (Lipinski definition) is 5. The molecule has 1 N–H and O–H groups in total. The van der Waals surface area contributed by atoms with Gasteiger partial charge in [0.05, 0.1) is 15.3 Å². The highest BCUT2D eigenvalue weighted by Crippen LogP contribution is 2.30. The summed E-state index contributed by atoms with van der Waals surface area (Å²) in [6.45, 7) is 1.78. The molecule has 0 saturated carbocycles. The van der Waals surface area contributed by atoms with Crippen molar-refractivity contribution in [2.45, 2.75) is 11.1 Å². The molecule has 0 fully saturated rings. The summed E-state index contributed by atoms with van der Waals surface area (Å²) < 4.78 is 15.4. The molecule has 2 heterocycles. The van der Waals surface area contributed by atoms with Crippen LogP contribution < -0.4 is 10.9 Å². The van der Waals surface area contributed by atoms with E-state index >= 15 is 0 Å². The average molecular weight is 363 g/mol. The Bertz CT molecular complexity index is 981.